The third-order valence-electron chi connectivity index (χ3n) is 5.10. The fourth-order valence-corrected chi connectivity index (χ4v) is 3.59. The third kappa shape index (κ3) is 5.57. The molecule has 1 heterocycles. The molecule has 0 radical (unpaired) electrons. The molecule has 1 aliphatic heterocycles. The number of piperazine rings is 1. The number of alkyl halides is 3. The second-order valence-electron chi connectivity index (χ2n) is 7.39. The molecule has 0 spiro atoms. The van der Waals surface area contributed by atoms with Crippen molar-refractivity contribution in [3.63, 3.8) is 0 Å². The Hall–Kier alpha value is -2.46. The van der Waals surface area contributed by atoms with Crippen LogP contribution in [0.3, 0.4) is 0 Å². The summed E-state index contributed by atoms with van der Waals surface area (Å²) in [4.78, 5) is 15.0. The van der Waals surface area contributed by atoms with Gasteiger partial charge in [-0.1, -0.05) is 13.8 Å². The molecule has 11 heteroatoms. The van der Waals surface area contributed by atoms with Crippen LogP contribution in [0.25, 0.3) is 0 Å². The van der Waals surface area contributed by atoms with Gasteiger partial charge < -0.3 is 15.6 Å². The van der Waals surface area contributed by atoms with Crippen molar-refractivity contribution in [2.45, 2.75) is 45.3 Å². The molecule has 2 N–H and O–H groups in total. The van der Waals surface area contributed by atoms with Crippen molar-refractivity contribution in [3.05, 3.63) is 35.1 Å². The topological polar surface area (TPSA) is 61.9 Å². The van der Waals surface area contributed by atoms with Gasteiger partial charge in [0.15, 0.2) is 11.6 Å². The molecule has 0 saturated carbocycles. The molecule has 168 valence electrons. The van der Waals surface area contributed by atoms with E-state index in [1.807, 2.05) is 0 Å². The van der Waals surface area contributed by atoms with Gasteiger partial charge >= 0.3 is 6.18 Å². The zero-order valence-corrected chi connectivity index (χ0v) is 16.6. The summed E-state index contributed by atoms with van der Waals surface area (Å²) in [5.74, 6) is 1.07. The maximum Gasteiger partial charge on any atom is 0.408 e. The summed E-state index contributed by atoms with van der Waals surface area (Å²) in [5, 5.41) is 3.44. The highest BCUT2D eigenvalue weighted by Gasteiger charge is 2.45. The van der Waals surface area contributed by atoms with E-state index in [0.29, 0.717) is 6.07 Å². The Morgan fingerprint density at radius 2 is 1.80 bits per heavy atom. The number of carbonyl (C=O) groups is 1. The number of hydrogen-bond donors (Lipinski definition) is 1. The van der Waals surface area contributed by atoms with Gasteiger partial charge in [0.05, 0.1) is 6.54 Å². The Morgan fingerprint density at radius 3 is 2.37 bits per heavy atom. The van der Waals surface area contributed by atoms with Crippen LogP contribution in [0.15, 0.2) is 17.2 Å². The SMILES string of the molecule is CCC(N1CCN(C(=O)CC(C)Cc2cc(F)c(F)cc2F)CC1=NN)C(F)(F)F. The van der Waals surface area contributed by atoms with Crippen molar-refractivity contribution < 1.29 is 31.1 Å². The van der Waals surface area contributed by atoms with E-state index in [-0.39, 0.29) is 56.2 Å². The van der Waals surface area contributed by atoms with Gasteiger partial charge in [0, 0.05) is 25.6 Å². The standard InChI is InChI=1S/C19H24F6N4O/c1-3-16(19(23,24)25)29-5-4-28(10-17(29)27-26)18(30)7-11(2)6-12-8-14(21)15(22)9-13(12)20/h8-9,11,16H,3-7,10,26H2,1-2H3. The van der Waals surface area contributed by atoms with Crippen molar-refractivity contribution in [2.24, 2.45) is 16.9 Å². The van der Waals surface area contributed by atoms with E-state index in [9.17, 15) is 31.1 Å². The number of halogens is 6. The summed E-state index contributed by atoms with van der Waals surface area (Å²) >= 11 is 0. The van der Waals surface area contributed by atoms with E-state index < -0.39 is 35.6 Å². The highest BCUT2D eigenvalue weighted by molar-refractivity contribution is 5.89. The average Bonchev–Trinajstić information content (AvgIpc) is 2.65. The molecule has 1 aliphatic rings. The van der Waals surface area contributed by atoms with Crippen LogP contribution >= 0.6 is 0 Å². The number of hydrazone groups is 1. The second-order valence-corrected chi connectivity index (χ2v) is 7.39. The average molecular weight is 438 g/mol. The van der Waals surface area contributed by atoms with Crippen molar-refractivity contribution in [1.82, 2.24) is 9.80 Å². The molecule has 1 saturated heterocycles. The van der Waals surface area contributed by atoms with Gasteiger partial charge in [0.25, 0.3) is 0 Å². The molecule has 1 amide bonds. The zero-order valence-electron chi connectivity index (χ0n) is 16.6. The fraction of sp³-hybridized carbons (Fsp3) is 0.579. The Kier molecular flexibility index (Phi) is 7.59. The first-order chi connectivity index (χ1) is 14.0. The lowest BCUT2D eigenvalue weighted by Crippen LogP contribution is -2.59. The Morgan fingerprint density at radius 1 is 1.17 bits per heavy atom. The number of nitrogens with two attached hydrogens (primary N) is 1. The Balaban J connectivity index is 2.01. The number of amidine groups is 1. The summed E-state index contributed by atoms with van der Waals surface area (Å²) in [6.07, 6.45) is -4.70. The molecular formula is C19H24F6N4O. The van der Waals surface area contributed by atoms with Crippen LogP contribution in [0.1, 0.15) is 32.3 Å². The maximum atomic E-state index is 13.8. The van der Waals surface area contributed by atoms with Gasteiger partial charge in [-0.15, -0.1) is 0 Å². The van der Waals surface area contributed by atoms with Crippen molar-refractivity contribution in [2.75, 3.05) is 19.6 Å². The van der Waals surface area contributed by atoms with E-state index in [1.54, 1.807) is 6.92 Å². The largest absolute Gasteiger partial charge is 0.408 e. The summed E-state index contributed by atoms with van der Waals surface area (Å²) in [7, 11) is 0. The first kappa shape index (κ1) is 23.8. The van der Waals surface area contributed by atoms with Crippen LogP contribution in [-0.2, 0) is 11.2 Å². The Bertz CT molecular complexity index is 798. The fourth-order valence-electron chi connectivity index (χ4n) is 3.59. The molecule has 5 nitrogen and oxygen atoms in total. The minimum Gasteiger partial charge on any atom is -0.343 e. The van der Waals surface area contributed by atoms with Gasteiger partial charge in [0.2, 0.25) is 5.91 Å². The maximum absolute atomic E-state index is 13.8. The summed E-state index contributed by atoms with van der Waals surface area (Å²) in [6.45, 7) is 2.85. The lowest BCUT2D eigenvalue weighted by atomic mass is 9.96. The number of rotatable bonds is 6. The number of amides is 1. The first-order valence-corrected chi connectivity index (χ1v) is 9.49. The van der Waals surface area contributed by atoms with E-state index in [4.69, 9.17) is 5.84 Å². The number of nitrogens with zero attached hydrogens (tertiary/aromatic N) is 3. The number of carbonyl (C=O) groups excluding carboxylic acids is 1. The number of hydrogen-bond acceptors (Lipinski definition) is 3. The molecule has 1 fully saturated rings. The molecule has 2 unspecified atom stereocenters. The van der Waals surface area contributed by atoms with Gasteiger partial charge in [-0.2, -0.15) is 18.3 Å². The lowest BCUT2D eigenvalue weighted by molar-refractivity contribution is -0.176. The minimum absolute atomic E-state index is 0.00143. The van der Waals surface area contributed by atoms with Crippen molar-refractivity contribution >= 4 is 11.7 Å². The first-order valence-electron chi connectivity index (χ1n) is 9.49. The zero-order chi connectivity index (χ0) is 22.6. The van der Waals surface area contributed by atoms with Crippen LogP contribution < -0.4 is 5.84 Å². The Labute approximate surface area is 170 Å². The monoisotopic (exact) mass is 438 g/mol. The highest BCUT2D eigenvalue weighted by atomic mass is 19.4. The van der Waals surface area contributed by atoms with E-state index >= 15 is 0 Å². The van der Waals surface area contributed by atoms with Crippen molar-refractivity contribution in [3.8, 4) is 0 Å². The quantitative estimate of drug-likeness (QED) is 0.320. The molecule has 0 aliphatic carbocycles. The van der Waals surface area contributed by atoms with Crippen LogP contribution in [0, 0.1) is 23.4 Å². The van der Waals surface area contributed by atoms with E-state index in [0.717, 1.165) is 11.0 Å². The van der Waals surface area contributed by atoms with E-state index in [2.05, 4.69) is 5.10 Å². The third-order valence-corrected chi connectivity index (χ3v) is 5.10. The van der Waals surface area contributed by atoms with Crippen LogP contribution in [0.2, 0.25) is 0 Å². The predicted octanol–water partition coefficient (Wildman–Crippen LogP) is 3.43. The number of benzene rings is 1. The van der Waals surface area contributed by atoms with Crippen LogP contribution in [-0.4, -0.2) is 53.4 Å². The highest BCUT2D eigenvalue weighted by Crippen LogP contribution is 2.29. The van der Waals surface area contributed by atoms with Gasteiger partial charge in [0.1, 0.15) is 17.7 Å². The lowest BCUT2D eigenvalue weighted by Gasteiger charge is -2.41. The van der Waals surface area contributed by atoms with Gasteiger partial charge in [-0.25, -0.2) is 13.2 Å². The van der Waals surface area contributed by atoms with E-state index in [1.165, 1.54) is 11.8 Å². The second kappa shape index (κ2) is 9.57. The summed E-state index contributed by atoms with van der Waals surface area (Å²) in [6, 6.07) is -0.536. The molecule has 0 bridgehead atoms. The van der Waals surface area contributed by atoms with Gasteiger partial charge in [-0.05, 0) is 30.4 Å². The van der Waals surface area contributed by atoms with Gasteiger partial charge in [-0.3, -0.25) is 4.79 Å². The smallest absolute Gasteiger partial charge is 0.343 e. The van der Waals surface area contributed by atoms with Crippen LogP contribution in [0.5, 0.6) is 0 Å². The molecule has 1 aromatic rings. The van der Waals surface area contributed by atoms with Crippen LogP contribution in [0.4, 0.5) is 26.3 Å². The predicted molar refractivity (Wildman–Crippen MR) is 98.8 cm³/mol. The summed E-state index contributed by atoms with van der Waals surface area (Å²) in [5.41, 5.74) is -0.0563. The molecule has 0 aromatic heterocycles. The normalized spacial score (nSPS) is 18.6. The minimum atomic E-state index is -4.46. The molecule has 2 rings (SSSR count). The molecule has 30 heavy (non-hydrogen) atoms. The molecule has 2 atom stereocenters. The molecule has 1 aromatic carbocycles. The molecular weight excluding hydrogens is 414 g/mol. The summed E-state index contributed by atoms with van der Waals surface area (Å²) < 4.78 is 79.9. The van der Waals surface area contributed by atoms with Crippen molar-refractivity contribution in [1.29, 1.82) is 0 Å².